The SMILES string of the molecule is COc1ccc(CN2CC[C@H](NC(=O)Cc3cccc(F)c3)C2)cn1. The molecule has 3 rings (SSSR count). The van der Waals surface area contributed by atoms with E-state index in [0.29, 0.717) is 11.4 Å². The normalized spacial score (nSPS) is 17.4. The summed E-state index contributed by atoms with van der Waals surface area (Å²) in [6.07, 6.45) is 2.93. The van der Waals surface area contributed by atoms with Gasteiger partial charge < -0.3 is 10.1 Å². The smallest absolute Gasteiger partial charge is 0.224 e. The lowest BCUT2D eigenvalue weighted by atomic mass is 10.1. The number of nitrogens with one attached hydrogen (secondary N) is 1. The molecule has 0 unspecified atom stereocenters. The third kappa shape index (κ3) is 5.00. The number of halogens is 1. The molecule has 2 heterocycles. The number of hydrogen-bond donors (Lipinski definition) is 1. The molecule has 6 heteroatoms. The van der Waals surface area contributed by atoms with Crippen LogP contribution >= 0.6 is 0 Å². The molecule has 1 aliphatic heterocycles. The molecule has 25 heavy (non-hydrogen) atoms. The van der Waals surface area contributed by atoms with Crippen LogP contribution in [0, 0.1) is 5.82 Å². The first-order valence-corrected chi connectivity index (χ1v) is 8.37. The number of amides is 1. The van der Waals surface area contributed by atoms with Crippen LogP contribution in [0.3, 0.4) is 0 Å². The van der Waals surface area contributed by atoms with Crippen LogP contribution in [0.2, 0.25) is 0 Å². The largest absolute Gasteiger partial charge is 0.481 e. The molecule has 5 nitrogen and oxygen atoms in total. The van der Waals surface area contributed by atoms with Gasteiger partial charge in [-0.25, -0.2) is 9.37 Å². The van der Waals surface area contributed by atoms with Crippen LogP contribution in [0.5, 0.6) is 5.88 Å². The molecule has 1 N–H and O–H groups in total. The summed E-state index contributed by atoms with van der Waals surface area (Å²) in [4.78, 5) is 18.6. The van der Waals surface area contributed by atoms with Gasteiger partial charge in [0, 0.05) is 37.9 Å². The summed E-state index contributed by atoms with van der Waals surface area (Å²) in [6.45, 7) is 2.53. The van der Waals surface area contributed by atoms with Gasteiger partial charge in [-0.05, 0) is 29.7 Å². The van der Waals surface area contributed by atoms with Crippen LogP contribution in [0.15, 0.2) is 42.6 Å². The van der Waals surface area contributed by atoms with Gasteiger partial charge in [-0.1, -0.05) is 18.2 Å². The number of methoxy groups -OCH3 is 1. The Balaban J connectivity index is 1.46. The Hall–Kier alpha value is -2.47. The molecule has 0 spiro atoms. The topological polar surface area (TPSA) is 54.5 Å². The molecule has 1 fully saturated rings. The number of pyridine rings is 1. The summed E-state index contributed by atoms with van der Waals surface area (Å²) in [5.41, 5.74) is 1.81. The van der Waals surface area contributed by atoms with E-state index in [1.54, 1.807) is 19.2 Å². The highest BCUT2D eigenvalue weighted by molar-refractivity contribution is 5.78. The lowest BCUT2D eigenvalue weighted by molar-refractivity contribution is -0.121. The highest BCUT2D eigenvalue weighted by atomic mass is 19.1. The number of carbonyl (C=O) groups is 1. The first-order valence-electron chi connectivity index (χ1n) is 8.37. The average Bonchev–Trinajstić information content (AvgIpc) is 3.02. The zero-order chi connectivity index (χ0) is 17.6. The number of benzene rings is 1. The molecule has 2 aromatic rings. The van der Waals surface area contributed by atoms with Crippen LogP contribution in [-0.4, -0.2) is 42.0 Å². The Bertz CT molecular complexity index is 721. The van der Waals surface area contributed by atoms with Gasteiger partial charge in [0.1, 0.15) is 5.82 Å². The summed E-state index contributed by atoms with van der Waals surface area (Å²) in [5.74, 6) is 0.224. The van der Waals surface area contributed by atoms with Crippen molar-refractivity contribution >= 4 is 5.91 Å². The second-order valence-corrected chi connectivity index (χ2v) is 6.30. The summed E-state index contributed by atoms with van der Waals surface area (Å²) < 4.78 is 18.2. The molecule has 0 bridgehead atoms. The number of nitrogens with zero attached hydrogens (tertiary/aromatic N) is 2. The second-order valence-electron chi connectivity index (χ2n) is 6.30. The maximum atomic E-state index is 13.2. The monoisotopic (exact) mass is 343 g/mol. The molecular formula is C19H22FN3O2. The Morgan fingerprint density at radius 1 is 1.36 bits per heavy atom. The first kappa shape index (κ1) is 17.4. The zero-order valence-corrected chi connectivity index (χ0v) is 14.2. The van der Waals surface area contributed by atoms with Crippen LogP contribution in [0.1, 0.15) is 17.5 Å². The predicted molar refractivity (Wildman–Crippen MR) is 92.7 cm³/mol. The molecule has 1 saturated heterocycles. The lowest BCUT2D eigenvalue weighted by Crippen LogP contribution is -2.37. The number of carbonyl (C=O) groups excluding carboxylic acids is 1. The van der Waals surface area contributed by atoms with Crippen molar-refractivity contribution in [3.63, 3.8) is 0 Å². The van der Waals surface area contributed by atoms with Crippen molar-refractivity contribution in [2.75, 3.05) is 20.2 Å². The van der Waals surface area contributed by atoms with Crippen molar-refractivity contribution in [3.8, 4) is 5.88 Å². The van der Waals surface area contributed by atoms with Gasteiger partial charge in [-0.15, -0.1) is 0 Å². The van der Waals surface area contributed by atoms with Crippen molar-refractivity contribution in [3.05, 3.63) is 59.5 Å². The predicted octanol–water partition coefficient (Wildman–Crippen LogP) is 2.16. The van der Waals surface area contributed by atoms with Gasteiger partial charge in [0.25, 0.3) is 0 Å². The van der Waals surface area contributed by atoms with Crippen molar-refractivity contribution in [1.82, 2.24) is 15.2 Å². The molecule has 1 aliphatic rings. The van der Waals surface area contributed by atoms with E-state index in [-0.39, 0.29) is 24.2 Å². The average molecular weight is 343 g/mol. The fraction of sp³-hybridized carbons (Fsp3) is 0.368. The van der Waals surface area contributed by atoms with Gasteiger partial charge in [0.15, 0.2) is 0 Å². The number of hydrogen-bond acceptors (Lipinski definition) is 4. The minimum Gasteiger partial charge on any atom is -0.481 e. The maximum Gasteiger partial charge on any atom is 0.224 e. The molecular weight excluding hydrogens is 321 g/mol. The lowest BCUT2D eigenvalue weighted by Gasteiger charge is -2.17. The quantitative estimate of drug-likeness (QED) is 0.873. The van der Waals surface area contributed by atoms with Gasteiger partial charge in [0.05, 0.1) is 13.5 Å². The Morgan fingerprint density at radius 3 is 2.96 bits per heavy atom. The fourth-order valence-electron chi connectivity index (χ4n) is 3.09. The third-order valence-electron chi connectivity index (χ3n) is 4.30. The van der Waals surface area contributed by atoms with Crippen molar-refractivity contribution in [2.24, 2.45) is 0 Å². The van der Waals surface area contributed by atoms with Gasteiger partial charge in [-0.3, -0.25) is 9.69 Å². The molecule has 1 atom stereocenters. The van der Waals surface area contributed by atoms with Crippen LogP contribution in [0.4, 0.5) is 4.39 Å². The third-order valence-corrected chi connectivity index (χ3v) is 4.30. The second kappa shape index (κ2) is 8.07. The standard InChI is InChI=1S/C19H22FN3O2/c1-25-19-6-5-15(11-21-19)12-23-8-7-17(13-23)22-18(24)10-14-3-2-4-16(20)9-14/h2-6,9,11,17H,7-8,10,12-13H2,1H3,(H,22,24)/t17-/m0/s1. The van der Waals surface area contributed by atoms with Crippen LogP contribution in [0.25, 0.3) is 0 Å². The molecule has 1 aromatic carbocycles. The van der Waals surface area contributed by atoms with E-state index in [9.17, 15) is 9.18 Å². The van der Waals surface area contributed by atoms with Gasteiger partial charge >= 0.3 is 0 Å². The maximum absolute atomic E-state index is 13.2. The number of likely N-dealkylation sites (tertiary alicyclic amines) is 1. The molecule has 0 radical (unpaired) electrons. The first-order chi connectivity index (χ1) is 12.1. The zero-order valence-electron chi connectivity index (χ0n) is 14.2. The Labute approximate surface area is 146 Å². The van der Waals surface area contributed by atoms with E-state index in [4.69, 9.17) is 4.74 Å². The van der Waals surface area contributed by atoms with Crippen molar-refractivity contribution < 1.29 is 13.9 Å². The van der Waals surface area contributed by atoms with E-state index < -0.39 is 0 Å². The Kier molecular flexibility index (Phi) is 5.60. The van der Waals surface area contributed by atoms with Crippen molar-refractivity contribution in [1.29, 1.82) is 0 Å². The van der Waals surface area contributed by atoms with E-state index in [1.807, 2.05) is 18.3 Å². The number of rotatable bonds is 6. The molecule has 0 aliphatic carbocycles. The van der Waals surface area contributed by atoms with E-state index in [0.717, 1.165) is 31.6 Å². The minimum absolute atomic E-state index is 0.0661. The summed E-state index contributed by atoms with van der Waals surface area (Å²) in [7, 11) is 1.60. The number of aromatic nitrogens is 1. The summed E-state index contributed by atoms with van der Waals surface area (Å²) in [6, 6.07) is 10.2. The van der Waals surface area contributed by atoms with Gasteiger partial charge in [-0.2, -0.15) is 0 Å². The van der Waals surface area contributed by atoms with Crippen molar-refractivity contribution in [2.45, 2.75) is 25.4 Å². The summed E-state index contributed by atoms with van der Waals surface area (Å²) in [5, 5.41) is 3.04. The number of ether oxygens (including phenoxy) is 1. The fourth-order valence-corrected chi connectivity index (χ4v) is 3.09. The van der Waals surface area contributed by atoms with E-state index in [1.165, 1.54) is 12.1 Å². The van der Waals surface area contributed by atoms with Gasteiger partial charge in [0.2, 0.25) is 11.8 Å². The summed E-state index contributed by atoms with van der Waals surface area (Å²) >= 11 is 0. The minimum atomic E-state index is -0.314. The highest BCUT2D eigenvalue weighted by Crippen LogP contribution is 2.15. The molecule has 0 saturated carbocycles. The van der Waals surface area contributed by atoms with Crippen LogP contribution in [-0.2, 0) is 17.8 Å². The molecule has 1 aromatic heterocycles. The highest BCUT2D eigenvalue weighted by Gasteiger charge is 2.23. The van der Waals surface area contributed by atoms with Crippen LogP contribution < -0.4 is 10.1 Å². The molecule has 1 amide bonds. The molecule has 132 valence electrons. The Morgan fingerprint density at radius 2 is 2.24 bits per heavy atom. The van der Waals surface area contributed by atoms with E-state index >= 15 is 0 Å². The van der Waals surface area contributed by atoms with E-state index in [2.05, 4.69) is 15.2 Å².